The molecule has 1 heterocycles. The molecule has 1 aliphatic heterocycles. The lowest BCUT2D eigenvalue weighted by atomic mass is 10.0. The third kappa shape index (κ3) is 2.50. The molecule has 2 aliphatic rings. The molecule has 0 saturated heterocycles. The van der Waals surface area contributed by atoms with Crippen LogP contribution in [0.2, 0.25) is 0 Å². The number of nitrogens with zero attached hydrogens (tertiary/aromatic N) is 2. The second-order valence-electron chi connectivity index (χ2n) is 6.20. The van der Waals surface area contributed by atoms with Gasteiger partial charge in [0.05, 0.1) is 23.8 Å². The maximum Gasteiger partial charge on any atom is 0.236 e. The van der Waals surface area contributed by atoms with Gasteiger partial charge in [0, 0.05) is 11.4 Å². The number of carbonyl (C=O) groups is 1. The molecule has 2 aromatic rings. The largest absolute Gasteiger partial charge is 0.399 e. The van der Waals surface area contributed by atoms with E-state index in [1.54, 1.807) is 0 Å². The number of rotatable bonds is 2. The van der Waals surface area contributed by atoms with Gasteiger partial charge in [0.1, 0.15) is 0 Å². The number of amides is 1. The maximum atomic E-state index is 13.1. The summed E-state index contributed by atoms with van der Waals surface area (Å²) in [6, 6.07) is 15.6. The molecule has 4 heteroatoms. The van der Waals surface area contributed by atoms with Crippen LogP contribution in [0.5, 0.6) is 0 Å². The lowest BCUT2D eigenvalue weighted by molar-refractivity contribution is -0.120. The van der Waals surface area contributed by atoms with Crippen LogP contribution in [-0.4, -0.2) is 11.6 Å². The number of benzene rings is 2. The van der Waals surface area contributed by atoms with Crippen molar-refractivity contribution in [2.75, 3.05) is 10.6 Å². The Morgan fingerprint density at radius 3 is 2.74 bits per heavy atom. The van der Waals surface area contributed by atoms with Crippen molar-refractivity contribution in [3.05, 3.63) is 54.1 Å². The average molecular weight is 305 g/mol. The summed E-state index contributed by atoms with van der Waals surface area (Å²) in [6.07, 6.45) is 2.89. The van der Waals surface area contributed by atoms with Crippen LogP contribution < -0.4 is 10.6 Å². The number of hydrogen-bond acceptors (Lipinski definition) is 3. The van der Waals surface area contributed by atoms with Crippen molar-refractivity contribution >= 4 is 28.7 Å². The number of nitrogen functional groups attached to an aromatic ring is 1. The van der Waals surface area contributed by atoms with Gasteiger partial charge in [-0.15, -0.1) is 0 Å². The molecular formula is C19H19N3O. The van der Waals surface area contributed by atoms with Gasteiger partial charge in [0.15, 0.2) is 0 Å². The van der Waals surface area contributed by atoms with Crippen LogP contribution in [0.15, 0.2) is 53.5 Å². The second kappa shape index (κ2) is 5.54. The highest BCUT2D eigenvalue weighted by Gasteiger charge is 2.36. The summed E-state index contributed by atoms with van der Waals surface area (Å²) in [6.45, 7) is 0.551. The first-order chi connectivity index (χ1) is 11.2. The smallest absolute Gasteiger partial charge is 0.236 e. The highest BCUT2D eigenvalue weighted by molar-refractivity contribution is 6.14. The van der Waals surface area contributed by atoms with E-state index in [0.29, 0.717) is 6.54 Å². The third-order valence-corrected chi connectivity index (χ3v) is 4.65. The molecule has 2 aromatic carbocycles. The third-order valence-electron chi connectivity index (χ3n) is 4.65. The van der Waals surface area contributed by atoms with E-state index in [9.17, 15) is 4.79 Å². The van der Waals surface area contributed by atoms with E-state index in [2.05, 4.69) is 0 Å². The van der Waals surface area contributed by atoms with Gasteiger partial charge in [-0.1, -0.05) is 24.3 Å². The number of aliphatic imine (C=N–C) groups is 1. The zero-order valence-corrected chi connectivity index (χ0v) is 12.9. The maximum absolute atomic E-state index is 13.1. The van der Waals surface area contributed by atoms with E-state index in [1.165, 1.54) is 0 Å². The molecule has 23 heavy (non-hydrogen) atoms. The highest BCUT2D eigenvalue weighted by Crippen LogP contribution is 2.38. The lowest BCUT2D eigenvalue weighted by Crippen LogP contribution is -2.36. The summed E-state index contributed by atoms with van der Waals surface area (Å²) in [4.78, 5) is 19.8. The monoisotopic (exact) mass is 305 g/mol. The Morgan fingerprint density at radius 2 is 1.91 bits per heavy atom. The molecule has 1 amide bonds. The fraction of sp³-hybridized carbons (Fsp3) is 0.263. The van der Waals surface area contributed by atoms with Crippen LogP contribution in [0.25, 0.3) is 0 Å². The highest BCUT2D eigenvalue weighted by atomic mass is 16.2. The molecule has 1 unspecified atom stereocenters. The molecule has 1 atom stereocenters. The van der Waals surface area contributed by atoms with Crippen molar-refractivity contribution < 1.29 is 4.79 Å². The Hall–Kier alpha value is -2.62. The van der Waals surface area contributed by atoms with Crippen molar-refractivity contribution in [2.24, 2.45) is 10.9 Å². The summed E-state index contributed by atoms with van der Waals surface area (Å²) in [7, 11) is 0. The minimum Gasteiger partial charge on any atom is -0.399 e. The molecule has 1 saturated carbocycles. The van der Waals surface area contributed by atoms with Gasteiger partial charge in [-0.05, 0) is 49.1 Å². The summed E-state index contributed by atoms with van der Waals surface area (Å²) in [5, 5.41) is 0. The topological polar surface area (TPSA) is 58.7 Å². The molecule has 2 N–H and O–H groups in total. The summed E-state index contributed by atoms with van der Waals surface area (Å²) >= 11 is 0. The van der Waals surface area contributed by atoms with E-state index in [0.717, 1.165) is 47.6 Å². The Bertz CT molecular complexity index is 779. The van der Waals surface area contributed by atoms with E-state index in [1.807, 2.05) is 53.4 Å². The molecule has 0 spiro atoms. The number of nitrogens with two attached hydrogens (primary N) is 1. The Morgan fingerprint density at radius 1 is 1.13 bits per heavy atom. The lowest BCUT2D eigenvalue weighted by Gasteiger charge is -2.25. The Kier molecular flexibility index (Phi) is 3.37. The molecule has 0 radical (unpaired) electrons. The fourth-order valence-electron chi connectivity index (χ4n) is 3.45. The van der Waals surface area contributed by atoms with E-state index >= 15 is 0 Å². The molecule has 0 aromatic heterocycles. The van der Waals surface area contributed by atoms with Crippen molar-refractivity contribution in [1.29, 1.82) is 0 Å². The molecule has 1 fully saturated rings. The second-order valence-corrected chi connectivity index (χ2v) is 6.20. The average Bonchev–Trinajstić information content (AvgIpc) is 2.99. The summed E-state index contributed by atoms with van der Waals surface area (Å²) < 4.78 is 0. The molecular weight excluding hydrogens is 286 g/mol. The van der Waals surface area contributed by atoms with Gasteiger partial charge in [-0.2, -0.15) is 0 Å². The SMILES string of the molecule is Nc1ccc(CN2C(=O)C3CCCC3=Nc3ccccc32)cc1. The molecule has 0 bridgehead atoms. The molecule has 4 rings (SSSR count). The fourth-order valence-corrected chi connectivity index (χ4v) is 3.45. The standard InChI is InChI=1S/C19H19N3O/c20-14-10-8-13(9-11-14)12-22-18-7-2-1-5-17(18)21-16-6-3-4-15(16)19(22)23/h1-2,5,7-11,15H,3-4,6,12,20H2. The van der Waals surface area contributed by atoms with Gasteiger partial charge in [-0.25, -0.2) is 0 Å². The molecule has 4 nitrogen and oxygen atoms in total. The number of anilines is 2. The van der Waals surface area contributed by atoms with Gasteiger partial charge in [-0.3, -0.25) is 9.79 Å². The first kappa shape index (κ1) is 14.0. The van der Waals surface area contributed by atoms with Crippen molar-refractivity contribution in [3.63, 3.8) is 0 Å². The number of hydrogen-bond donors (Lipinski definition) is 1. The quantitative estimate of drug-likeness (QED) is 0.860. The van der Waals surface area contributed by atoms with Crippen LogP contribution in [0, 0.1) is 5.92 Å². The van der Waals surface area contributed by atoms with Crippen LogP contribution in [0.3, 0.4) is 0 Å². The molecule has 116 valence electrons. The van der Waals surface area contributed by atoms with E-state index in [-0.39, 0.29) is 11.8 Å². The van der Waals surface area contributed by atoms with Crippen LogP contribution in [0.4, 0.5) is 17.1 Å². The molecule has 1 aliphatic carbocycles. The van der Waals surface area contributed by atoms with E-state index < -0.39 is 0 Å². The van der Waals surface area contributed by atoms with Crippen molar-refractivity contribution in [2.45, 2.75) is 25.8 Å². The van der Waals surface area contributed by atoms with Gasteiger partial charge < -0.3 is 10.6 Å². The van der Waals surface area contributed by atoms with Gasteiger partial charge in [0.25, 0.3) is 0 Å². The Labute approximate surface area is 135 Å². The number of carbonyl (C=O) groups excluding carboxylic acids is 1. The zero-order chi connectivity index (χ0) is 15.8. The summed E-state index contributed by atoms with van der Waals surface area (Å²) in [5.41, 5.74) is 10.4. The summed E-state index contributed by atoms with van der Waals surface area (Å²) in [5.74, 6) is 0.110. The minimum absolute atomic E-state index is 0.0591. The van der Waals surface area contributed by atoms with Crippen LogP contribution >= 0.6 is 0 Å². The number of fused-ring (bicyclic) bond motifs is 2. The first-order valence-electron chi connectivity index (χ1n) is 8.04. The predicted octanol–water partition coefficient (Wildman–Crippen LogP) is 3.69. The number of para-hydroxylation sites is 2. The van der Waals surface area contributed by atoms with Crippen molar-refractivity contribution in [3.8, 4) is 0 Å². The first-order valence-corrected chi connectivity index (χ1v) is 8.04. The van der Waals surface area contributed by atoms with Crippen molar-refractivity contribution in [1.82, 2.24) is 0 Å². The Balaban J connectivity index is 1.76. The predicted molar refractivity (Wildman–Crippen MR) is 92.9 cm³/mol. The minimum atomic E-state index is -0.0591. The van der Waals surface area contributed by atoms with Gasteiger partial charge >= 0.3 is 0 Å². The van der Waals surface area contributed by atoms with E-state index in [4.69, 9.17) is 10.7 Å². The normalized spacial score (nSPS) is 19.8. The van der Waals surface area contributed by atoms with Gasteiger partial charge in [0.2, 0.25) is 5.91 Å². The van der Waals surface area contributed by atoms with Crippen LogP contribution in [0.1, 0.15) is 24.8 Å². The zero-order valence-electron chi connectivity index (χ0n) is 12.9. The van der Waals surface area contributed by atoms with Crippen LogP contribution in [-0.2, 0) is 11.3 Å².